The minimum absolute atomic E-state index is 0.165. The lowest BCUT2D eigenvalue weighted by Gasteiger charge is -2.32. The molecule has 0 amide bonds. The fourth-order valence-corrected chi connectivity index (χ4v) is 4.09. The van der Waals surface area contributed by atoms with Gasteiger partial charge in [-0.3, -0.25) is 14.5 Å². The maximum absolute atomic E-state index is 12.3. The number of aromatic nitrogens is 1. The Kier molecular flexibility index (Phi) is 7.72. The van der Waals surface area contributed by atoms with Gasteiger partial charge in [-0.2, -0.15) is 0 Å². The second kappa shape index (κ2) is 11.1. The SMILES string of the molecule is COc1cc(CN2CCN(C)CC2)ccc1/C=C/C(=O)CC(=O)/C=C/c1ccc2cc[nH]c2c1. The number of benzene rings is 2. The zero-order valence-corrected chi connectivity index (χ0v) is 19.8. The number of nitrogens with one attached hydrogen (secondary N) is 1. The van der Waals surface area contributed by atoms with Crippen molar-refractivity contribution < 1.29 is 14.3 Å². The van der Waals surface area contributed by atoms with Crippen LogP contribution in [0.25, 0.3) is 23.1 Å². The van der Waals surface area contributed by atoms with Crippen LogP contribution in [0.5, 0.6) is 5.75 Å². The lowest BCUT2D eigenvalue weighted by Crippen LogP contribution is -2.43. The van der Waals surface area contributed by atoms with Crippen molar-refractivity contribution in [2.24, 2.45) is 0 Å². The van der Waals surface area contributed by atoms with Crippen LogP contribution in [-0.2, 0) is 16.1 Å². The number of aromatic amines is 1. The summed E-state index contributed by atoms with van der Waals surface area (Å²) in [6, 6.07) is 14.0. The smallest absolute Gasteiger partial charge is 0.163 e. The molecule has 2 heterocycles. The molecule has 3 aromatic rings. The van der Waals surface area contributed by atoms with Crippen LogP contribution >= 0.6 is 0 Å². The molecule has 1 N–H and O–H groups in total. The van der Waals surface area contributed by atoms with E-state index in [0.717, 1.165) is 60.5 Å². The van der Waals surface area contributed by atoms with E-state index in [0.29, 0.717) is 0 Å². The number of rotatable bonds is 9. The molecule has 1 fully saturated rings. The number of carbonyl (C=O) groups is 2. The van der Waals surface area contributed by atoms with Gasteiger partial charge in [0.15, 0.2) is 11.6 Å². The predicted molar refractivity (Wildman–Crippen MR) is 137 cm³/mol. The van der Waals surface area contributed by atoms with Crippen LogP contribution in [0.2, 0.25) is 0 Å². The second-order valence-electron chi connectivity index (χ2n) is 8.76. The van der Waals surface area contributed by atoms with Crippen LogP contribution in [-0.4, -0.2) is 66.7 Å². The summed E-state index contributed by atoms with van der Waals surface area (Å²) in [4.78, 5) is 32.5. The average molecular weight is 458 g/mol. The number of fused-ring (bicyclic) bond motifs is 1. The van der Waals surface area contributed by atoms with Gasteiger partial charge in [0, 0.05) is 50.0 Å². The van der Waals surface area contributed by atoms with Crippen LogP contribution < -0.4 is 4.74 Å². The molecule has 0 aliphatic carbocycles. The molecule has 4 rings (SSSR count). The quantitative estimate of drug-likeness (QED) is 0.386. The van der Waals surface area contributed by atoms with Crippen LogP contribution in [0.15, 0.2) is 60.8 Å². The summed E-state index contributed by atoms with van der Waals surface area (Å²) in [6.45, 7) is 5.15. The molecule has 0 saturated carbocycles. The molecule has 6 nitrogen and oxygen atoms in total. The van der Waals surface area contributed by atoms with E-state index in [-0.39, 0.29) is 18.0 Å². The Labute approximate surface area is 200 Å². The molecule has 1 saturated heterocycles. The Morgan fingerprint density at radius 1 is 0.971 bits per heavy atom. The number of hydrogen-bond acceptors (Lipinski definition) is 5. The van der Waals surface area contributed by atoms with Crippen molar-refractivity contribution >= 4 is 34.6 Å². The third-order valence-corrected chi connectivity index (χ3v) is 6.14. The highest BCUT2D eigenvalue weighted by atomic mass is 16.5. The number of methoxy groups -OCH3 is 1. The van der Waals surface area contributed by atoms with Crippen LogP contribution in [0.3, 0.4) is 0 Å². The van der Waals surface area contributed by atoms with Crippen molar-refractivity contribution in [2.45, 2.75) is 13.0 Å². The molecule has 1 aliphatic heterocycles. The number of likely N-dealkylation sites (N-methyl/N-ethyl adjacent to an activating group) is 1. The Morgan fingerprint density at radius 2 is 1.74 bits per heavy atom. The van der Waals surface area contributed by atoms with Crippen molar-refractivity contribution in [1.82, 2.24) is 14.8 Å². The summed E-state index contributed by atoms with van der Waals surface area (Å²) in [6.07, 6.45) is 8.09. The largest absolute Gasteiger partial charge is 0.496 e. The number of nitrogens with zero attached hydrogens (tertiary/aromatic N) is 2. The van der Waals surface area contributed by atoms with E-state index in [1.54, 1.807) is 19.3 Å². The average Bonchev–Trinajstić information content (AvgIpc) is 3.31. The summed E-state index contributed by atoms with van der Waals surface area (Å²) in [5, 5.41) is 1.12. The third kappa shape index (κ3) is 6.31. The van der Waals surface area contributed by atoms with Crippen molar-refractivity contribution in [3.63, 3.8) is 0 Å². The van der Waals surface area contributed by atoms with E-state index in [4.69, 9.17) is 4.74 Å². The fraction of sp³-hybridized carbons (Fsp3) is 0.286. The summed E-state index contributed by atoms with van der Waals surface area (Å²) in [5.74, 6) is 0.260. The number of carbonyl (C=O) groups excluding carboxylic acids is 2. The van der Waals surface area contributed by atoms with E-state index >= 15 is 0 Å². The molecule has 0 unspecified atom stereocenters. The maximum atomic E-state index is 12.3. The minimum Gasteiger partial charge on any atom is -0.496 e. The predicted octanol–water partition coefficient (Wildman–Crippen LogP) is 4.18. The van der Waals surface area contributed by atoms with Gasteiger partial charge in [0.2, 0.25) is 0 Å². The molecule has 0 spiro atoms. The highest BCUT2D eigenvalue weighted by molar-refractivity contribution is 6.11. The Hall–Kier alpha value is -3.48. The number of allylic oxidation sites excluding steroid dienone is 2. The molecule has 0 radical (unpaired) electrons. The van der Waals surface area contributed by atoms with E-state index in [1.807, 2.05) is 42.6 Å². The molecule has 176 valence electrons. The Balaban J connectivity index is 1.32. The Morgan fingerprint density at radius 3 is 2.50 bits per heavy atom. The number of hydrogen-bond donors (Lipinski definition) is 1. The molecule has 34 heavy (non-hydrogen) atoms. The lowest BCUT2D eigenvalue weighted by molar-refractivity contribution is -0.121. The Bertz CT molecular complexity index is 1220. The highest BCUT2D eigenvalue weighted by Gasteiger charge is 2.14. The van der Waals surface area contributed by atoms with Crippen LogP contribution in [0.4, 0.5) is 0 Å². The van der Waals surface area contributed by atoms with Gasteiger partial charge < -0.3 is 14.6 Å². The molecule has 6 heteroatoms. The van der Waals surface area contributed by atoms with E-state index in [9.17, 15) is 9.59 Å². The standard InChI is InChI=1S/C28H31N3O3/c1-30-13-15-31(16-14-30)20-22-4-7-24(28(18-22)34-2)8-10-26(33)19-25(32)9-5-21-3-6-23-11-12-29-27(23)17-21/h3-12,17-18,29H,13-16,19-20H2,1-2H3/b9-5+,10-8+. The normalized spacial score (nSPS) is 15.5. The zero-order chi connectivity index (χ0) is 23.9. The number of piperazine rings is 1. The molecular weight excluding hydrogens is 426 g/mol. The summed E-state index contributed by atoms with van der Waals surface area (Å²) < 4.78 is 5.55. The second-order valence-corrected chi connectivity index (χ2v) is 8.76. The highest BCUT2D eigenvalue weighted by Crippen LogP contribution is 2.23. The van der Waals surface area contributed by atoms with Gasteiger partial charge in [-0.1, -0.05) is 30.3 Å². The van der Waals surface area contributed by atoms with Gasteiger partial charge in [-0.05, 0) is 60.0 Å². The number of ketones is 2. The first-order valence-corrected chi connectivity index (χ1v) is 11.6. The first-order chi connectivity index (χ1) is 16.5. The van der Waals surface area contributed by atoms with Crippen molar-refractivity contribution in [3.8, 4) is 5.75 Å². The first kappa shape index (κ1) is 23.7. The van der Waals surface area contributed by atoms with Gasteiger partial charge in [-0.25, -0.2) is 0 Å². The van der Waals surface area contributed by atoms with Gasteiger partial charge in [0.1, 0.15) is 5.75 Å². The van der Waals surface area contributed by atoms with Crippen molar-refractivity contribution in [2.75, 3.05) is 40.3 Å². The van der Waals surface area contributed by atoms with Crippen LogP contribution in [0, 0.1) is 0 Å². The van der Waals surface area contributed by atoms with E-state index in [2.05, 4.69) is 27.9 Å². The number of ether oxygens (including phenoxy) is 1. The monoisotopic (exact) mass is 457 g/mol. The molecule has 0 atom stereocenters. The summed E-state index contributed by atoms with van der Waals surface area (Å²) in [7, 11) is 3.78. The van der Waals surface area contributed by atoms with E-state index < -0.39 is 0 Å². The van der Waals surface area contributed by atoms with Crippen molar-refractivity contribution in [1.29, 1.82) is 0 Å². The molecule has 1 aromatic heterocycles. The molecule has 0 bridgehead atoms. The number of H-pyrrole nitrogens is 1. The summed E-state index contributed by atoms with van der Waals surface area (Å²) >= 11 is 0. The van der Waals surface area contributed by atoms with E-state index in [1.165, 1.54) is 17.7 Å². The zero-order valence-electron chi connectivity index (χ0n) is 19.8. The lowest BCUT2D eigenvalue weighted by atomic mass is 10.1. The van der Waals surface area contributed by atoms with Gasteiger partial charge in [-0.15, -0.1) is 0 Å². The van der Waals surface area contributed by atoms with Crippen molar-refractivity contribution in [3.05, 3.63) is 77.5 Å². The third-order valence-electron chi connectivity index (χ3n) is 6.14. The molecule has 2 aromatic carbocycles. The summed E-state index contributed by atoms with van der Waals surface area (Å²) in [5.41, 5.74) is 3.92. The maximum Gasteiger partial charge on any atom is 0.163 e. The van der Waals surface area contributed by atoms with Gasteiger partial charge >= 0.3 is 0 Å². The van der Waals surface area contributed by atoms with Crippen LogP contribution in [0.1, 0.15) is 23.1 Å². The fourth-order valence-electron chi connectivity index (χ4n) is 4.09. The van der Waals surface area contributed by atoms with Gasteiger partial charge in [0.05, 0.1) is 13.5 Å². The molecular formula is C28H31N3O3. The van der Waals surface area contributed by atoms with Gasteiger partial charge in [0.25, 0.3) is 0 Å². The topological polar surface area (TPSA) is 65.6 Å². The minimum atomic E-state index is -0.238. The molecule has 1 aliphatic rings. The first-order valence-electron chi connectivity index (χ1n) is 11.6.